The summed E-state index contributed by atoms with van der Waals surface area (Å²) in [5.74, 6) is 1.33. The summed E-state index contributed by atoms with van der Waals surface area (Å²) in [6, 6.07) is 5.83. The average Bonchev–Trinajstić information content (AvgIpc) is 2.64. The molecule has 0 radical (unpaired) electrons. The van der Waals surface area contributed by atoms with E-state index in [1.807, 2.05) is 18.2 Å². The van der Waals surface area contributed by atoms with Crippen molar-refractivity contribution in [3.05, 3.63) is 44.2 Å². The quantitative estimate of drug-likeness (QED) is 0.719. The molecule has 6 nitrogen and oxygen atoms in total. The van der Waals surface area contributed by atoms with E-state index >= 15 is 0 Å². The highest BCUT2D eigenvalue weighted by atomic mass is 16.5. The topological polar surface area (TPSA) is 90.7 Å². The van der Waals surface area contributed by atoms with Gasteiger partial charge in [0.05, 0.1) is 14.2 Å². The van der Waals surface area contributed by atoms with E-state index in [2.05, 4.69) is 19.2 Å². The zero-order chi connectivity index (χ0) is 17.9. The first-order valence-electron chi connectivity index (χ1n) is 7.99. The fourth-order valence-electron chi connectivity index (χ4n) is 3.02. The van der Waals surface area contributed by atoms with Gasteiger partial charge >= 0.3 is 0 Å². The lowest BCUT2D eigenvalue weighted by molar-refractivity contribution is 0.351. The van der Waals surface area contributed by atoms with Crippen LogP contribution in [-0.2, 0) is 5.41 Å². The molecule has 0 aliphatic rings. The standard InChI is InChI=1S/C18H24N2O4/c1-5-18(6-2,10-20-15-14(19)16(21)17(15)22)11-7-8-12(23-3)13(9-11)24-4/h7-9,20H,5-6,10,19H2,1-4H3. The normalized spacial score (nSPS) is 11.5. The lowest BCUT2D eigenvalue weighted by Gasteiger charge is -2.33. The molecule has 0 amide bonds. The van der Waals surface area contributed by atoms with E-state index in [1.165, 1.54) is 0 Å². The first-order valence-corrected chi connectivity index (χ1v) is 7.99. The highest BCUT2D eigenvalue weighted by molar-refractivity contribution is 5.71. The van der Waals surface area contributed by atoms with Crippen molar-refractivity contribution in [2.24, 2.45) is 0 Å². The van der Waals surface area contributed by atoms with Crippen LogP contribution in [0, 0.1) is 0 Å². The van der Waals surface area contributed by atoms with Crippen molar-refractivity contribution in [1.82, 2.24) is 0 Å². The number of ether oxygens (including phenoxy) is 2. The molecule has 0 fully saturated rings. The van der Waals surface area contributed by atoms with E-state index in [0.29, 0.717) is 18.0 Å². The summed E-state index contributed by atoms with van der Waals surface area (Å²) in [6.07, 6.45) is 1.70. The van der Waals surface area contributed by atoms with Crippen molar-refractivity contribution in [2.75, 3.05) is 31.8 Å². The third kappa shape index (κ3) is 2.84. The van der Waals surface area contributed by atoms with Gasteiger partial charge in [0, 0.05) is 12.0 Å². The zero-order valence-electron chi connectivity index (χ0n) is 14.6. The van der Waals surface area contributed by atoms with Gasteiger partial charge in [-0.2, -0.15) is 0 Å². The van der Waals surface area contributed by atoms with Crippen LogP contribution in [0.4, 0.5) is 11.4 Å². The molecular weight excluding hydrogens is 308 g/mol. The Balaban J connectivity index is 2.33. The van der Waals surface area contributed by atoms with Gasteiger partial charge in [-0.25, -0.2) is 0 Å². The summed E-state index contributed by atoms with van der Waals surface area (Å²) in [7, 11) is 3.20. The molecule has 3 N–H and O–H groups in total. The molecular formula is C18H24N2O4. The van der Waals surface area contributed by atoms with Gasteiger partial charge in [0.2, 0.25) is 0 Å². The summed E-state index contributed by atoms with van der Waals surface area (Å²) in [5.41, 5.74) is 5.56. The molecule has 0 heterocycles. The van der Waals surface area contributed by atoms with Crippen molar-refractivity contribution in [3.63, 3.8) is 0 Å². The SMILES string of the molecule is CCC(CC)(CNc1c(N)c(=O)c1=O)c1ccc(OC)c(OC)c1. The molecule has 0 aliphatic heterocycles. The first kappa shape index (κ1) is 17.8. The molecule has 0 saturated carbocycles. The molecule has 0 atom stereocenters. The van der Waals surface area contributed by atoms with Crippen LogP contribution in [0.15, 0.2) is 27.8 Å². The summed E-state index contributed by atoms with van der Waals surface area (Å²) in [5, 5.41) is 3.07. The highest BCUT2D eigenvalue weighted by Crippen LogP contribution is 2.37. The first-order chi connectivity index (χ1) is 11.4. The summed E-state index contributed by atoms with van der Waals surface area (Å²) in [4.78, 5) is 22.9. The number of rotatable bonds is 8. The summed E-state index contributed by atoms with van der Waals surface area (Å²) >= 11 is 0. The van der Waals surface area contributed by atoms with E-state index in [9.17, 15) is 9.59 Å². The molecule has 0 aromatic heterocycles. The van der Waals surface area contributed by atoms with Gasteiger partial charge in [-0.3, -0.25) is 9.59 Å². The highest BCUT2D eigenvalue weighted by Gasteiger charge is 2.31. The van der Waals surface area contributed by atoms with Crippen LogP contribution in [0.25, 0.3) is 0 Å². The molecule has 2 aromatic carbocycles. The van der Waals surface area contributed by atoms with Gasteiger partial charge in [-0.05, 0) is 30.5 Å². The van der Waals surface area contributed by atoms with Gasteiger partial charge in [-0.1, -0.05) is 19.9 Å². The third-order valence-electron chi connectivity index (χ3n) is 4.90. The monoisotopic (exact) mass is 332 g/mol. The van der Waals surface area contributed by atoms with Crippen molar-refractivity contribution >= 4 is 11.4 Å². The number of hydrogen-bond donors (Lipinski definition) is 2. The van der Waals surface area contributed by atoms with Crippen molar-refractivity contribution in [2.45, 2.75) is 32.1 Å². The Morgan fingerprint density at radius 3 is 2.17 bits per heavy atom. The fraction of sp³-hybridized carbons (Fsp3) is 0.444. The Morgan fingerprint density at radius 1 is 1.04 bits per heavy atom. The Hall–Kier alpha value is -2.50. The van der Waals surface area contributed by atoms with Gasteiger partial charge in [0.25, 0.3) is 10.9 Å². The molecule has 0 aliphatic carbocycles. The van der Waals surface area contributed by atoms with Crippen LogP contribution in [-0.4, -0.2) is 20.8 Å². The third-order valence-corrected chi connectivity index (χ3v) is 4.90. The molecule has 0 spiro atoms. The minimum Gasteiger partial charge on any atom is -0.493 e. The second-order valence-corrected chi connectivity index (χ2v) is 5.86. The van der Waals surface area contributed by atoms with Crippen molar-refractivity contribution in [1.29, 1.82) is 0 Å². The Kier molecular flexibility index (Phi) is 5.17. The van der Waals surface area contributed by atoms with E-state index in [-0.39, 0.29) is 16.8 Å². The smallest absolute Gasteiger partial charge is 0.253 e. The minimum atomic E-state index is -0.609. The largest absolute Gasteiger partial charge is 0.493 e. The second kappa shape index (κ2) is 6.95. The van der Waals surface area contributed by atoms with E-state index in [0.717, 1.165) is 18.4 Å². The van der Waals surface area contributed by atoms with Crippen LogP contribution < -0.4 is 31.4 Å². The van der Waals surface area contributed by atoms with Crippen LogP contribution in [0.5, 0.6) is 11.5 Å². The van der Waals surface area contributed by atoms with Crippen LogP contribution in [0.1, 0.15) is 32.3 Å². The van der Waals surface area contributed by atoms with Crippen molar-refractivity contribution in [3.8, 4) is 11.5 Å². The Bertz CT molecular complexity index is 787. The number of anilines is 2. The van der Waals surface area contributed by atoms with Gasteiger partial charge in [-0.15, -0.1) is 0 Å². The van der Waals surface area contributed by atoms with Crippen LogP contribution in [0.2, 0.25) is 0 Å². The molecule has 130 valence electrons. The van der Waals surface area contributed by atoms with Crippen molar-refractivity contribution < 1.29 is 9.47 Å². The maximum Gasteiger partial charge on any atom is 0.253 e. The number of nitrogens with one attached hydrogen (secondary N) is 1. The molecule has 0 bridgehead atoms. The summed E-state index contributed by atoms with van der Waals surface area (Å²) < 4.78 is 10.7. The molecule has 24 heavy (non-hydrogen) atoms. The van der Waals surface area contributed by atoms with Gasteiger partial charge in [0.1, 0.15) is 11.4 Å². The Morgan fingerprint density at radius 2 is 1.67 bits per heavy atom. The Labute approximate surface area is 141 Å². The predicted molar refractivity (Wildman–Crippen MR) is 96.1 cm³/mol. The second-order valence-electron chi connectivity index (χ2n) is 5.86. The average molecular weight is 332 g/mol. The van der Waals surface area contributed by atoms with Gasteiger partial charge < -0.3 is 20.5 Å². The van der Waals surface area contributed by atoms with E-state index in [4.69, 9.17) is 15.2 Å². The predicted octanol–water partition coefficient (Wildman–Crippen LogP) is 2.05. The van der Waals surface area contributed by atoms with Crippen LogP contribution in [0.3, 0.4) is 0 Å². The molecule has 2 rings (SSSR count). The number of nitrogens with two attached hydrogens (primary N) is 1. The molecule has 2 aromatic rings. The number of nitrogen functional groups attached to an aromatic ring is 1. The fourth-order valence-corrected chi connectivity index (χ4v) is 3.02. The number of hydrogen-bond acceptors (Lipinski definition) is 6. The molecule has 0 unspecified atom stereocenters. The molecule has 6 heteroatoms. The maximum atomic E-state index is 11.6. The maximum absolute atomic E-state index is 11.6. The molecule has 0 saturated heterocycles. The van der Waals surface area contributed by atoms with E-state index in [1.54, 1.807) is 14.2 Å². The van der Waals surface area contributed by atoms with Crippen LogP contribution >= 0.6 is 0 Å². The van der Waals surface area contributed by atoms with Gasteiger partial charge in [0.15, 0.2) is 11.5 Å². The minimum absolute atomic E-state index is 0.0217. The summed E-state index contributed by atoms with van der Waals surface area (Å²) in [6.45, 7) is 4.69. The van der Waals surface area contributed by atoms with E-state index < -0.39 is 10.9 Å². The zero-order valence-corrected chi connectivity index (χ0v) is 14.6. The number of benzene rings is 1. The number of methoxy groups -OCH3 is 2. The lowest BCUT2D eigenvalue weighted by atomic mass is 9.75. The lowest BCUT2D eigenvalue weighted by Crippen LogP contribution is -2.41.